The van der Waals surface area contributed by atoms with Gasteiger partial charge in [-0.2, -0.15) is 30.3 Å². The molecular formula is C19H17IN2O2Pd. The summed E-state index contributed by atoms with van der Waals surface area (Å²) in [5.41, 5.74) is 2.38. The van der Waals surface area contributed by atoms with Crippen LogP contribution in [0.4, 0.5) is 0 Å². The molecule has 0 fully saturated rings. The van der Waals surface area contributed by atoms with Gasteiger partial charge in [-0.25, -0.2) is 0 Å². The SMILES string of the molecule is CCOC(=O)c1c[c-]ccc1.[Pd+][I].c1ccc(-c2ccccn2)nc1. The van der Waals surface area contributed by atoms with Crippen LogP contribution in [0.25, 0.3) is 11.4 Å². The number of carbonyl (C=O) groups excluding carboxylic acids is 1. The first-order valence-electron chi connectivity index (χ1n) is 7.39. The van der Waals surface area contributed by atoms with Crippen LogP contribution in [-0.4, -0.2) is 22.5 Å². The van der Waals surface area contributed by atoms with Crippen LogP contribution in [0.3, 0.4) is 0 Å². The van der Waals surface area contributed by atoms with Gasteiger partial charge >= 0.3 is 35.1 Å². The molecule has 1 aromatic carbocycles. The van der Waals surface area contributed by atoms with Crippen molar-refractivity contribution in [1.82, 2.24) is 9.97 Å². The van der Waals surface area contributed by atoms with E-state index in [4.69, 9.17) is 4.74 Å². The van der Waals surface area contributed by atoms with E-state index in [-0.39, 0.29) is 5.97 Å². The molecule has 2 heterocycles. The Labute approximate surface area is 169 Å². The van der Waals surface area contributed by atoms with Crippen LogP contribution in [0, 0.1) is 6.07 Å². The Morgan fingerprint density at radius 2 is 1.64 bits per heavy atom. The zero-order valence-electron chi connectivity index (χ0n) is 13.5. The summed E-state index contributed by atoms with van der Waals surface area (Å²) >= 11 is 4.72. The Hall–Kier alpha value is -1.62. The van der Waals surface area contributed by atoms with E-state index in [9.17, 15) is 4.79 Å². The molecule has 0 atom stereocenters. The third kappa shape index (κ3) is 8.34. The van der Waals surface area contributed by atoms with E-state index in [2.05, 4.69) is 31.6 Å². The van der Waals surface area contributed by atoms with Gasteiger partial charge in [0.15, 0.2) is 0 Å². The van der Waals surface area contributed by atoms with E-state index < -0.39 is 0 Å². The fourth-order valence-electron chi connectivity index (χ4n) is 1.76. The minimum atomic E-state index is -0.288. The number of hydrogen-bond donors (Lipinski definition) is 0. The number of benzene rings is 1. The van der Waals surface area contributed by atoms with Gasteiger partial charge in [0.2, 0.25) is 0 Å². The monoisotopic (exact) mass is 538 g/mol. The molecular weight excluding hydrogens is 522 g/mol. The molecule has 3 rings (SSSR count). The van der Waals surface area contributed by atoms with Crippen LogP contribution >= 0.6 is 19.5 Å². The third-order valence-electron chi connectivity index (χ3n) is 2.81. The Morgan fingerprint density at radius 1 is 1.04 bits per heavy atom. The first-order valence-corrected chi connectivity index (χ1v) is 12.0. The third-order valence-corrected chi connectivity index (χ3v) is 2.81. The number of esters is 1. The molecule has 0 bridgehead atoms. The summed E-state index contributed by atoms with van der Waals surface area (Å²) in [6.45, 7) is 2.19. The minimum absolute atomic E-state index is 0.288. The van der Waals surface area contributed by atoms with Crippen LogP contribution in [-0.2, 0) is 20.3 Å². The van der Waals surface area contributed by atoms with Gasteiger partial charge in [-0.15, -0.1) is 0 Å². The second-order valence-electron chi connectivity index (χ2n) is 4.44. The summed E-state index contributed by atoms with van der Waals surface area (Å²) in [5.74, 6) is -0.288. The number of pyridine rings is 2. The molecule has 4 nitrogen and oxygen atoms in total. The zero-order chi connectivity index (χ0) is 18.3. The molecule has 0 saturated carbocycles. The molecule has 0 spiro atoms. The summed E-state index contributed by atoms with van der Waals surface area (Å²) in [4.78, 5) is 19.4. The molecule has 132 valence electrons. The average molecular weight is 539 g/mol. The van der Waals surface area contributed by atoms with Gasteiger partial charge in [0.25, 0.3) is 5.97 Å². The van der Waals surface area contributed by atoms with Crippen molar-refractivity contribution in [3.8, 4) is 11.4 Å². The minimum Gasteiger partial charge on any atom is -0.255 e. The maximum absolute atomic E-state index is 11.0. The molecule has 0 aliphatic rings. The topological polar surface area (TPSA) is 52.1 Å². The van der Waals surface area contributed by atoms with Crippen LogP contribution in [0.15, 0.2) is 73.1 Å². The number of ether oxygens (including phenoxy) is 1. The van der Waals surface area contributed by atoms with Gasteiger partial charge in [0.1, 0.15) is 0 Å². The summed E-state index contributed by atoms with van der Waals surface area (Å²) in [6, 6.07) is 21.2. The van der Waals surface area contributed by atoms with E-state index in [1.807, 2.05) is 55.9 Å². The molecule has 2 aromatic heterocycles. The van der Waals surface area contributed by atoms with Gasteiger partial charge in [-0.1, -0.05) is 17.7 Å². The summed E-state index contributed by atoms with van der Waals surface area (Å²) in [5, 5.41) is 0. The van der Waals surface area contributed by atoms with E-state index >= 15 is 0 Å². The quantitative estimate of drug-likeness (QED) is 0.210. The van der Waals surface area contributed by atoms with Crippen molar-refractivity contribution in [3.05, 3.63) is 84.7 Å². The van der Waals surface area contributed by atoms with Crippen molar-refractivity contribution in [2.75, 3.05) is 6.61 Å². The van der Waals surface area contributed by atoms with E-state index in [1.54, 1.807) is 43.6 Å². The van der Waals surface area contributed by atoms with Gasteiger partial charge in [-0.05, 0) is 31.2 Å². The van der Waals surface area contributed by atoms with E-state index in [0.29, 0.717) is 12.2 Å². The van der Waals surface area contributed by atoms with Crippen LogP contribution < -0.4 is 0 Å². The molecule has 6 heteroatoms. The van der Waals surface area contributed by atoms with Crippen LogP contribution in [0.2, 0.25) is 0 Å². The van der Waals surface area contributed by atoms with E-state index in [0.717, 1.165) is 11.4 Å². The average Bonchev–Trinajstić information content (AvgIpc) is 2.72. The Balaban J connectivity index is 0.000000229. The predicted molar refractivity (Wildman–Crippen MR) is 103 cm³/mol. The molecule has 0 N–H and O–H groups in total. The zero-order valence-corrected chi connectivity index (χ0v) is 17.3. The first-order chi connectivity index (χ1) is 12.3. The number of rotatable bonds is 3. The molecule has 0 unspecified atom stereocenters. The van der Waals surface area contributed by atoms with Gasteiger partial charge in [0, 0.05) is 12.4 Å². The smallest absolute Gasteiger partial charge is 0.0886 e. The fraction of sp³-hybridized carbons (Fsp3) is 0.105. The van der Waals surface area contributed by atoms with Crippen LogP contribution in [0.5, 0.6) is 0 Å². The maximum Gasteiger partial charge on any atom is 0.0886 e. The second kappa shape index (κ2) is 13.6. The van der Waals surface area contributed by atoms with Crippen molar-refractivity contribution in [2.45, 2.75) is 6.92 Å². The fourth-order valence-corrected chi connectivity index (χ4v) is 1.76. The van der Waals surface area contributed by atoms with Gasteiger partial charge in [-0.3, -0.25) is 14.8 Å². The molecule has 25 heavy (non-hydrogen) atoms. The van der Waals surface area contributed by atoms with Crippen molar-refractivity contribution < 1.29 is 25.1 Å². The molecule has 3 aromatic rings. The van der Waals surface area contributed by atoms with Crippen LogP contribution in [0.1, 0.15) is 17.3 Å². The van der Waals surface area contributed by atoms with Crippen molar-refractivity contribution >= 4 is 25.5 Å². The molecule has 0 amide bonds. The van der Waals surface area contributed by atoms with Gasteiger partial charge in [0.05, 0.1) is 18.0 Å². The Morgan fingerprint density at radius 3 is 2.04 bits per heavy atom. The molecule has 0 aliphatic carbocycles. The molecule has 0 saturated heterocycles. The van der Waals surface area contributed by atoms with Crippen molar-refractivity contribution in [2.24, 2.45) is 0 Å². The van der Waals surface area contributed by atoms with Crippen molar-refractivity contribution in [1.29, 1.82) is 0 Å². The molecule has 0 aliphatic heterocycles. The molecule has 0 radical (unpaired) electrons. The van der Waals surface area contributed by atoms with Gasteiger partial charge < -0.3 is 4.74 Å². The Kier molecular flexibility index (Phi) is 11.7. The largest absolute Gasteiger partial charge is 0.255 e. The Bertz CT molecular complexity index is 676. The summed E-state index contributed by atoms with van der Waals surface area (Å²) < 4.78 is 4.77. The predicted octanol–water partition coefficient (Wildman–Crippen LogP) is 4.69. The summed E-state index contributed by atoms with van der Waals surface area (Å²) in [7, 11) is 0. The number of carbonyl (C=O) groups is 1. The summed E-state index contributed by atoms with van der Waals surface area (Å²) in [6.07, 6.45) is 3.54. The van der Waals surface area contributed by atoms with E-state index in [1.165, 1.54) is 0 Å². The second-order valence-corrected chi connectivity index (χ2v) is 4.44. The maximum atomic E-state index is 11.0. The number of nitrogens with zero attached hydrogens (tertiary/aromatic N) is 2. The standard InChI is InChI=1S/C10H8N2.C9H9O2.HI.Pd/c1-3-7-11-9(5-1)10-6-2-4-8-12-10;1-2-11-9(10)8-6-4-3-5-7-8;;/h1-8H;3-4,6-7H,2H2,1H3;1H;/q;-1;;+2/p-1. The number of aromatic nitrogens is 2. The number of halogens is 1. The normalized spacial score (nSPS) is 8.96. The van der Waals surface area contributed by atoms with Crippen molar-refractivity contribution in [3.63, 3.8) is 0 Å². The number of hydrogen-bond acceptors (Lipinski definition) is 4. The first kappa shape index (κ1) is 21.4.